The van der Waals surface area contributed by atoms with Gasteiger partial charge in [0.15, 0.2) is 0 Å². The lowest BCUT2D eigenvalue weighted by Crippen LogP contribution is -2.14. The number of halogens is 1. The summed E-state index contributed by atoms with van der Waals surface area (Å²) in [5.41, 5.74) is 0.769. The molecule has 0 aliphatic rings. The number of aliphatic carboxylic acids is 1. The molecule has 1 aromatic carbocycles. The van der Waals surface area contributed by atoms with Crippen LogP contribution in [0.2, 0.25) is 5.02 Å². The molecule has 1 atom stereocenters. The number of benzene rings is 1. The molecule has 0 radical (unpaired) electrons. The van der Waals surface area contributed by atoms with Gasteiger partial charge < -0.3 is 9.84 Å². The molecule has 18 heavy (non-hydrogen) atoms. The lowest BCUT2D eigenvalue weighted by Gasteiger charge is -2.13. The van der Waals surface area contributed by atoms with Crippen LogP contribution in [-0.4, -0.2) is 24.3 Å². The average Bonchev–Trinajstić information content (AvgIpc) is 2.35. The zero-order chi connectivity index (χ0) is 13.4. The van der Waals surface area contributed by atoms with Gasteiger partial charge in [0, 0.05) is 18.2 Å². The largest absolute Gasteiger partial charge is 0.481 e. The molecular weight excluding hydrogens is 252 g/mol. The van der Waals surface area contributed by atoms with Gasteiger partial charge in [-0.15, -0.1) is 0 Å². The predicted molar refractivity (Wildman–Crippen MR) is 72.2 cm³/mol. The van der Waals surface area contributed by atoms with E-state index < -0.39 is 11.9 Å². The Bertz CT molecular complexity index is 362. The lowest BCUT2D eigenvalue weighted by atomic mass is 9.96. The second-order valence-electron chi connectivity index (χ2n) is 4.20. The van der Waals surface area contributed by atoms with E-state index in [0.29, 0.717) is 24.7 Å². The molecule has 0 heterocycles. The highest BCUT2D eigenvalue weighted by atomic mass is 35.5. The van der Waals surface area contributed by atoms with Crippen molar-refractivity contribution in [3.8, 4) is 0 Å². The first-order valence-electron chi connectivity index (χ1n) is 6.21. The third-order valence-electron chi connectivity index (χ3n) is 2.76. The van der Waals surface area contributed by atoms with E-state index in [2.05, 4.69) is 6.92 Å². The topological polar surface area (TPSA) is 46.5 Å². The molecule has 0 spiro atoms. The quantitative estimate of drug-likeness (QED) is 0.733. The van der Waals surface area contributed by atoms with Crippen molar-refractivity contribution < 1.29 is 14.6 Å². The van der Waals surface area contributed by atoms with Crippen molar-refractivity contribution in [2.24, 2.45) is 0 Å². The Morgan fingerprint density at radius 3 is 2.56 bits per heavy atom. The predicted octanol–water partition coefficient (Wildman–Crippen LogP) is 3.72. The van der Waals surface area contributed by atoms with Crippen LogP contribution in [0.15, 0.2) is 24.3 Å². The summed E-state index contributed by atoms with van der Waals surface area (Å²) in [7, 11) is 0. The molecule has 1 N–H and O–H groups in total. The highest BCUT2D eigenvalue weighted by Gasteiger charge is 2.19. The maximum absolute atomic E-state index is 11.2. The summed E-state index contributed by atoms with van der Waals surface area (Å²) in [4.78, 5) is 11.2. The molecule has 0 bridgehead atoms. The summed E-state index contributed by atoms with van der Waals surface area (Å²) in [6, 6.07) is 6.94. The van der Waals surface area contributed by atoms with E-state index in [0.717, 1.165) is 18.4 Å². The van der Waals surface area contributed by atoms with Gasteiger partial charge in [0.2, 0.25) is 0 Å². The van der Waals surface area contributed by atoms with Crippen molar-refractivity contribution in [3.05, 3.63) is 34.9 Å². The van der Waals surface area contributed by atoms with E-state index in [4.69, 9.17) is 16.3 Å². The van der Waals surface area contributed by atoms with Crippen molar-refractivity contribution in [2.75, 3.05) is 13.2 Å². The SMILES string of the molecule is CCCCOCCC(C(=O)O)c1ccc(Cl)cc1. The van der Waals surface area contributed by atoms with Crippen LogP contribution in [0.3, 0.4) is 0 Å². The first kappa shape index (κ1) is 15.0. The molecule has 3 nitrogen and oxygen atoms in total. The third kappa shape index (κ3) is 5.07. The number of ether oxygens (including phenoxy) is 1. The van der Waals surface area contributed by atoms with Crippen LogP contribution < -0.4 is 0 Å². The molecule has 0 fully saturated rings. The Kier molecular flexibility index (Phi) is 6.76. The Balaban J connectivity index is 2.50. The zero-order valence-electron chi connectivity index (χ0n) is 10.6. The minimum atomic E-state index is -0.823. The first-order chi connectivity index (χ1) is 8.65. The van der Waals surface area contributed by atoms with Gasteiger partial charge in [0.25, 0.3) is 0 Å². The van der Waals surface area contributed by atoms with E-state index in [1.807, 2.05) is 0 Å². The Morgan fingerprint density at radius 2 is 2.00 bits per heavy atom. The Hall–Kier alpha value is -1.06. The minimum Gasteiger partial charge on any atom is -0.481 e. The van der Waals surface area contributed by atoms with E-state index in [-0.39, 0.29) is 0 Å². The minimum absolute atomic E-state index is 0.472. The number of carbonyl (C=O) groups is 1. The van der Waals surface area contributed by atoms with Crippen molar-refractivity contribution >= 4 is 17.6 Å². The number of hydrogen-bond acceptors (Lipinski definition) is 2. The van der Waals surface area contributed by atoms with Crippen LogP contribution in [-0.2, 0) is 9.53 Å². The number of rotatable bonds is 8. The van der Waals surface area contributed by atoms with Gasteiger partial charge in [0.1, 0.15) is 0 Å². The maximum Gasteiger partial charge on any atom is 0.311 e. The third-order valence-corrected chi connectivity index (χ3v) is 3.02. The molecule has 4 heteroatoms. The summed E-state index contributed by atoms with van der Waals surface area (Å²) in [6.07, 6.45) is 2.58. The molecule has 1 rings (SSSR count). The van der Waals surface area contributed by atoms with Gasteiger partial charge in [-0.1, -0.05) is 37.1 Å². The lowest BCUT2D eigenvalue weighted by molar-refractivity contribution is -0.139. The van der Waals surface area contributed by atoms with Crippen molar-refractivity contribution in [1.82, 2.24) is 0 Å². The van der Waals surface area contributed by atoms with Crippen molar-refractivity contribution in [1.29, 1.82) is 0 Å². The first-order valence-corrected chi connectivity index (χ1v) is 6.59. The molecule has 0 aliphatic heterocycles. The van der Waals surface area contributed by atoms with Gasteiger partial charge in [-0.2, -0.15) is 0 Å². The van der Waals surface area contributed by atoms with Gasteiger partial charge in [0.05, 0.1) is 5.92 Å². The molecule has 0 amide bonds. The fourth-order valence-electron chi connectivity index (χ4n) is 1.68. The number of hydrogen-bond donors (Lipinski definition) is 1. The highest BCUT2D eigenvalue weighted by Crippen LogP contribution is 2.22. The fraction of sp³-hybridized carbons (Fsp3) is 0.500. The summed E-state index contributed by atoms with van der Waals surface area (Å²) in [5, 5.41) is 9.82. The van der Waals surface area contributed by atoms with Crippen LogP contribution in [0, 0.1) is 0 Å². The summed E-state index contributed by atoms with van der Waals surface area (Å²) in [5.74, 6) is -1.35. The van der Waals surface area contributed by atoms with Crippen LogP contribution in [0.25, 0.3) is 0 Å². The average molecular weight is 271 g/mol. The molecule has 0 aliphatic carbocycles. The van der Waals surface area contributed by atoms with E-state index in [1.165, 1.54) is 0 Å². The number of unbranched alkanes of at least 4 members (excludes halogenated alkanes) is 1. The van der Waals surface area contributed by atoms with Crippen LogP contribution in [0.1, 0.15) is 37.7 Å². The second kappa shape index (κ2) is 8.11. The molecule has 1 aromatic rings. The van der Waals surface area contributed by atoms with Crippen molar-refractivity contribution in [3.63, 3.8) is 0 Å². The summed E-state index contributed by atoms with van der Waals surface area (Å²) < 4.78 is 5.41. The molecule has 1 unspecified atom stereocenters. The molecule has 100 valence electrons. The molecule has 0 aromatic heterocycles. The normalized spacial score (nSPS) is 12.3. The number of carboxylic acids is 1. The number of carboxylic acid groups (broad SMARTS) is 1. The van der Waals surface area contributed by atoms with Gasteiger partial charge in [-0.05, 0) is 30.5 Å². The Morgan fingerprint density at radius 1 is 1.33 bits per heavy atom. The van der Waals surface area contributed by atoms with Gasteiger partial charge in [-0.25, -0.2) is 0 Å². The fourth-order valence-corrected chi connectivity index (χ4v) is 1.80. The van der Waals surface area contributed by atoms with Crippen LogP contribution in [0.4, 0.5) is 0 Å². The van der Waals surface area contributed by atoms with Crippen LogP contribution in [0.5, 0.6) is 0 Å². The highest BCUT2D eigenvalue weighted by molar-refractivity contribution is 6.30. The maximum atomic E-state index is 11.2. The Labute approximate surface area is 113 Å². The standard InChI is InChI=1S/C14H19ClO3/c1-2-3-9-18-10-8-13(14(16)17)11-4-6-12(15)7-5-11/h4-7,13H,2-3,8-10H2,1H3,(H,16,17). The van der Waals surface area contributed by atoms with Crippen LogP contribution >= 0.6 is 11.6 Å². The molecule has 0 saturated heterocycles. The smallest absolute Gasteiger partial charge is 0.311 e. The van der Waals surface area contributed by atoms with E-state index in [1.54, 1.807) is 24.3 Å². The summed E-state index contributed by atoms with van der Waals surface area (Å²) in [6.45, 7) is 3.26. The zero-order valence-corrected chi connectivity index (χ0v) is 11.3. The second-order valence-corrected chi connectivity index (χ2v) is 4.63. The van der Waals surface area contributed by atoms with E-state index in [9.17, 15) is 9.90 Å². The van der Waals surface area contributed by atoms with E-state index >= 15 is 0 Å². The monoisotopic (exact) mass is 270 g/mol. The molecule has 0 saturated carbocycles. The van der Waals surface area contributed by atoms with Crippen molar-refractivity contribution in [2.45, 2.75) is 32.1 Å². The van der Waals surface area contributed by atoms with Gasteiger partial charge >= 0.3 is 5.97 Å². The summed E-state index contributed by atoms with van der Waals surface area (Å²) >= 11 is 5.79. The van der Waals surface area contributed by atoms with Gasteiger partial charge in [-0.3, -0.25) is 4.79 Å². The molecular formula is C14H19ClO3.